The van der Waals surface area contributed by atoms with Gasteiger partial charge in [-0.1, -0.05) is 72.8 Å². The third kappa shape index (κ3) is 5.19. The molecule has 5 rings (SSSR count). The molecule has 1 unspecified atom stereocenters. The van der Waals surface area contributed by atoms with Gasteiger partial charge in [0.15, 0.2) is 0 Å². The summed E-state index contributed by atoms with van der Waals surface area (Å²) in [4.78, 5) is 2.26. The van der Waals surface area contributed by atoms with E-state index in [1.807, 2.05) is 30.3 Å². The van der Waals surface area contributed by atoms with Crippen molar-refractivity contribution in [2.75, 3.05) is 18.1 Å². The third-order valence-electron chi connectivity index (χ3n) is 5.97. The fourth-order valence-electron chi connectivity index (χ4n) is 4.13. The molecule has 0 saturated carbocycles. The molecule has 0 amide bonds. The highest BCUT2D eigenvalue weighted by atomic mass is 16.5. The van der Waals surface area contributed by atoms with Gasteiger partial charge in [0.1, 0.15) is 18.5 Å². The van der Waals surface area contributed by atoms with Gasteiger partial charge in [0.25, 0.3) is 0 Å². The van der Waals surface area contributed by atoms with Crippen molar-refractivity contribution in [3.63, 3.8) is 0 Å². The van der Waals surface area contributed by atoms with E-state index in [2.05, 4.69) is 95.9 Å². The molecule has 35 heavy (non-hydrogen) atoms. The molecule has 1 atom stereocenters. The first-order valence-electron chi connectivity index (χ1n) is 11.7. The van der Waals surface area contributed by atoms with Gasteiger partial charge in [0, 0.05) is 17.1 Å². The Morgan fingerprint density at radius 2 is 1.17 bits per heavy atom. The summed E-state index contributed by atoms with van der Waals surface area (Å²) in [5.41, 5.74) is 5.45. The molecular weight excluding hydrogens is 434 g/mol. The van der Waals surface area contributed by atoms with Gasteiger partial charge >= 0.3 is 0 Å². The average molecular weight is 462 g/mol. The van der Waals surface area contributed by atoms with Crippen molar-refractivity contribution in [3.8, 4) is 16.9 Å². The lowest BCUT2D eigenvalue weighted by Gasteiger charge is -2.26. The molecule has 0 fully saturated rings. The van der Waals surface area contributed by atoms with Crippen LogP contribution in [0.5, 0.6) is 5.75 Å². The summed E-state index contributed by atoms with van der Waals surface area (Å²) < 4.78 is 5.51. The van der Waals surface area contributed by atoms with Crippen LogP contribution in [-0.2, 0) is 0 Å². The molecule has 0 aliphatic carbocycles. The van der Waals surface area contributed by atoms with E-state index < -0.39 is 6.10 Å². The number of rotatable bonds is 8. The lowest BCUT2D eigenvalue weighted by atomic mass is 10.0. The van der Waals surface area contributed by atoms with Crippen LogP contribution in [0.2, 0.25) is 0 Å². The minimum atomic E-state index is -0.877. The molecular formula is C31H27NO3. The van der Waals surface area contributed by atoms with Crippen LogP contribution in [0, 0.1) is 0 Å². The van der Waals surface area contributed by atoms with Crippen LogP contribution >= 0.6 is 0 Å². The molecule has 2 N–H and O–H groups in total. The zero-order valence-corrected chi connectivity index (χ0v) is 19.3. The van der Waals surface area contributed by atoms with Gasteiger partial charge in [-0.05, 0) is 70.4 Å². The number of ether oxygens (including phenoxy) is 1. The summed E-state index contributed by atoms with van der Waals surface area (Å²) >= 11 is 0. The number of anilines is 3. The van der Waals surface area contributed by atoms with E-state index in [0.29, 0.717) is 5.75 Å². The zero-order valence-electron chi connectivity index (χ0n) is 19.3. The summed E-state index contributed by atoms with van der Waals surface area (Å²) in [6.45, 7) is -0.252. The number of para-hydroxylation sites is 1. The predicted octanol–water partition coefficient (Wildman–Crippen LogP) is 6.71. The van der Waals surface area contributed by atoms with Gasteiger partial charge in [-0.2, -0.15) is 0 Å². The zero-order chi connectivity index (χ0) is 24.0. The fraction of sp³-hybridized carbons (Fsp3) is 0.0968. The van der Waals surface area contributed by atoms with E-state index >= 15 is 0 Å². The van der Waals surface area contributed by atoms with Gasteiger partial charge in [0.05, 0.1) is 6.61 Å². The number of aliphatic hydroxyl groups is 2. The topological polar surface area (TPSA) is 52.9 Å². The number of nitrogens with zero attached hydrogens (tertiary/aromatic N) is 1. The molecule has 0 radical (unpaired) electrons. The van der Waals surface area contributed by atoms with E-state index in [1.54, 1.807) is 0 Å². The quantitative estimate of drug-likeness (QED) is 0.270. The van der Waals surface area contributed by atoms with Crippen LogP contribution in [-0.4, -0.2) is 29.5 Å². The maximum Gasteiger partial charge on any atom is 0.119 e. The Bertz CT molecular complexity index is 1380. The molecule has 0 bridgehead atoms. The summed E-state index contributed by atoms with van der Waals surface area (Å²) in [6, 6.07) is 41.6. The standard InChI is InChI=1S/C31H27NO3/c33-21-30(34)22-35-31-18-13-25(14-19-31)24-10-15-28(16-11-24)32(27-8-2-1-3-9-27)29-17-12-23-6-4-5-7-26(23)20-29/h1-20,30,33-34H,21-22H2. The Balaban J connectivity index is 1.43. The Hall–Kier alpha value is -4.12. The minimum absolute atomic E-state index is 0.0641. The van der Waals surface area contributed by atoms with Crippen molar-refractivity contribution in [1.82, 2.24) is 0 Å². The Kier molecular flexibility index (Phi) is 6.75. The smallest absolute Gasteiger partial charge is 0.119 e. The van der Waals surface area contributed by atoms with E-state index in [4.69, 9.17) is 9.84 Å². The van der Waals surface area contributed by atoms with Gasteiger partial charge in [-0.25, -0.2) is 0 Å². The Labute approximate surface area is 205 Å². The first-order valence-corrected chi connectivity index (χ1v) is 11.7. The highest BCUT2D eigenvalue weighted by molar-refractivity contribution is 5.89. The average Bonchev–Trinajstić information content (AvgIpc) is 2.93. The minimum Gasteiger partial charge on any atom is -0.491 e. The third-order valence-corrected chi connectivity index (χ3v) is 5.97. The predicted molar refractivity (Wildman–Crippen MR) is 143 cm³/mol. The van der Waals surface area contributed by atoms with Crippen molar-refractivity contribution in [3.05, 3.63) is 121 Å². The van der Waals surface area contributed by atoms with Gasteiger partial charge in [-0.3, -0.25) is 0 Å². The summed E-state index contributed by atoms with van der Waals surface area (Å²) in [6.07, 6.45) is -0.877. The van der Waals surface area contributed by atoms with Crippen molar-refractivity contribution < 1.29 is 14.9 Å². The number of fused-ring (bicyclic) bond motifs is 1. The van der Waals surface area contributed by atoms with Crippen LogP contribution in [0.3, 0.4) is 0 Å². The molecule has 0 aliphatic heterocycles. The largest absolute Gasteiger partial charge is 0.491 e. The van der Waals surface area contributed by atoms with Crippen molar-refractivity contribution in [2.24, 2.45) is 0 Å². The highest BCUT2D eigenvalue weighted by Gasteiger charge is 2.13. The number of hydrogen-bond acceptors (Lipinski definition) is 4. The maximum absolute atomic E-state index is 9.46. The molecule has 0 aliphatic rings. The molecule has 4 heteroatoms. The van der Waals surface area contributed by atoms with Crippen molar-refractivity contribution in [2.45, 2.75) is 6.10 Å². The number of benzene rings is 5. The molecule has 0 aromatic heterocycles. The molecule has 174 valence electrons. The van der Waals surface area contributed by atoms with Crippen LogP contribution in [0.1, 0.15) is 0 Å². The number of aliphatic hydroxyl groups excluding tert-OH is 2. The Morgan fingerprint density at radius 1 is 0.600 bits per heavy atom. The second kappa shape index (κ2) is 10.4. The van der Waals surface area contributed by atoms with Crippen LogP contribution in [0.4, 0.5) is 17.1 Å². The Morgan fingerprint density at radius 3 is 1.86 bits per heavy atom. The molecule has 0 heterocycles. The monoisotopic (exact) mass is 461 g/mol. The first kappa shape index (κ1) is 22.7. The first-order chi connectivity index (χ1) is 17.2. The van der Waals surface area contributed by atoms with Crippen molar-refractivity contribution in [1.29, 1.82) is 0 Å². The van der Waals surface area contributed by atoms with E-state index in [9.17, 15) is 5.11 Å². The van der Waals surface area contributed by atoms with Crippen LogP contribution in [0.25, 0.3) is 21.9 Å². The van der Waals surface area contributed by atoms with Crippen molar-refractivity contribution >= 4 is 27.8 Å². The normalized spacial score (nSPS) is 11.8. The number of hydrogen-bond donors (Lipinski definition) is 2. The molecule has 0 saturated heterocycles. The van der Waals surface area contributed by atoms with Gasteiger partial charge in [0.2, 0.25) is 0 Å². The SMILES string of the molecule is OCC(O)COc1ccc(-c2ccc(N(c3ccccc3)c3ccc4ccccc4c3)cc2)cc1. The van der Waals surface area contributed by atoms with E-state index in [0.717, 1.165) is 28.2 Å². The van der Waals surface area contributed by atoms with E-state index in [-0.39, 0.29) is 13.2 Å². The lowest BCUT2D eigenvalue weighted by molar-refractivity contribution is 0.0536. The molecule has 0 spiro atoms. The van der Waals surface area contributed by atoms with E-state index in [1.165, 1.54) is 10.8 Å². The summed E-state index contributed by atoms with van der Waals surface area (Å²) in [5.74, 6) is 0.657. The van der Waals surface area contributed by atoms with Crippen LogP contribution < -0.4 is 9.64 Å². The molecule has 5 aromatic carbocycles. The van der Waals surface area contributed by atoms with Gasteiger partial charge < -0.3 is 19.8 Å². The second-order valence-electron chi connectivity index (χ2n) is 8.42. The highest BCUT2D eigenvalue weighted by Crippen LogP contribution is 2.37. The lowest BCUT2D eigenvalue weighted by Crippen LogP contribution is -2.21. The molecule has 5 aromatic rings. The van der Waals surface area contributed by atoms with Gasteiger partial charge in [-0.15, -0.1) is 0 Å². The fourth-order valence-corrected chi connectivity index (χ4v) is 4.13. The second-order valence-corrected chi connectivity index (χ2v) is 8.42. The summed E-state index contributed by atoms with van der Waals surface area (Å²) in [5, 5.41) is 20.8. The summed E-state index contributed by atoms with van der Waals surface area (Å²) in [7, 11) is 0. The van der Waals surface area contributed by atoms with Crippen LogP contribution in [0.15, 0.2) is 121 Å². The maximum atomic E-state index is 9.46. The molecule has 4 nitrogen and oxygen atoms in total.